The van der Waals surface area contributed by atoms with Crippen LogP contribution in [0.2, 0.25) is 0 Å². The largest absolute Gasteiger partial charge is 0.495 e. The number of aryl methyl sites for hydroxylation is 1. The third kappa shape index (κ3) is 5.24. The number of anilines is 1. The van der Waals surface area contributed by atoms with E-state index in [1.165, 1.54) is 7.11 Å². The SMILES string of the molecule is COc1ccc(C)cc1S(=O)(=O)N(CC(=O)N[C@H](C)c1ccccc1)c1ccccc1. The summed E-state index contributed by atoms with van der Waals surface area (Å²) in [5, 5.41) is 2.88. The lowest BCUT2D eigenvalue weighted by molar-refractivity contribution is -0.120. The Morgan fingerprint density at radius 2 is 1.61 bits per heavy atom. The number of benzene rings is 3. The molecule has 3 aromatic rings. The summed E-state index contributed by atoms with van der Waals surface area (Å²) in [6, 6.07) is 22.8. The Hall–Kier alpha value is -3.32. The van der Waals surface area contributed by atoms with Gasteiger partial charge in [-0.25, -0.2) is 8.42 Å². The number of ether oxygens (including phenoxy) is 1. The van der Waals surface area contributed by atoms with Crippen molar-refractivity contribution in [1.82, 2.24) is 5.32 Å². The molecule has 0 fully saturated rings. The normalized spacial score (nSPS) is 12.1. The number of amides is 1. The van der Waals surface area contributed by atoms with Gasteiger partial charge in [-0.15, -0.1) is 0 Å². The molecule has 3 rings (SSSR count). The van der Waals surface area contributed by atoms with Crippen molar-refractivity contribution in [3.8, 4) is 5.75 Å². The first-order valence-electron chi connectivity index (χ1n) is 9.89. The molecule has 0 aliphatic rings. The molecule has 31 heavy (non-hydrogen) atoms. The molecule has 0 saturated carbocycles. The molecule has 0 aliphatic heterocycles. The van der Waals surface area contributed by atoms with Gasteiger partial charge in [-0.1, -0.05) is 54.6 Å². The van der Waals surface area contributed by atoms with Gasteiger partial charge in [-0.3, -0.25) is 9.10 Å². The fraction of sp³-hybridized carbons (Fsp3) is 0.208. The van der Waals surface area contributed by atoms with Crippen LogP contribution in [-0.4, -0.2) is 28.0 Å². The Bertz CT molecular complexity index is 1130. The Balaban J connectivity index is 1.94. The molecule has 6 nitrogen and oxygen atoms in total. The van der Waals surface area contributed by atoms with Gasteiger partial charge in [0.25, 0.3) is 10.0 Å². The van der Waals surface area contributed by atoms with Crippen LogP contribution < -0.4 is 14.4 Å². The first kappa shape index (κ1) is 22.4. The number of sulfonamides is 1. The Morgan fingerprint density at radius 3 is 2.23 bits per heavy atom. The summed E-state index contributed by atoms with van der Waals surface area (Å²) < 4.78 is 33.6. The molecular weight excluding hydrogens is 412 g/mol. The number of nitrogens with zero attached hydrogens (tertiary/aromatic N) is 1. The maximum Gasteiger partial charge on any atom is 0.268 e. The van der Waals surface area contributed by atoms with Crippen molar-refractivity contribution in [1.29, 1.82) is 0 Å². The van der Waals surface area contributed by atoms with E-state index in [1.54, 1.807) is 55.5 Å². The van der Waals surface area contributed by atoms with Crippen LogP contribution in [0.1, 0.15) is 24.1 Å². The lowest BCUT2D eigenvalue weighted by Gasteiger charge is -2.26. The molecule has 0 heterocycles. The second kappa shape index (κ2) is 9.66. The number of rotatable bonds is 8. The predicted octanol–water partition coefficient (Wildman–Crippen LogP) is 4.08. The summed E-state index contributed by atoms with van der Waals surface area (Å²) in [7, 11) is -2.65. The van der Waals surface area contributed by atoms with Crippen LogP contribution in [-0.2, 0) is 14.8 Å². The molecule has 0 spiro atoms. The van der Waals surface area contributed by atoms with E-state index < -0.39 is 15.9 Å². The van der Waals surface area contributed by atoms with Crippen molar-refractivity contribution in [2.75, 3.05) is 18.0 Å². The van der Waals surface area contributed by atoms with Gasteiger partial charge in [-0.05, 0) is 49.2 Å². The fourth-order valence-electron chi connectivity index (χ4n) is 3.26. The molecule has 0 bridgehead atoms. The second-order valence-corrected chi connectivity index (χ2v) is 9.03. The van der Waals surface area contributed by atoms with Crippen molar-refractivity contribution >= 4 is 21.6 Å². The zero-order valence-corrected chi connectivity index (χ0v) is 18.6. The van der Waals surface area contributed by atoms with Gasteiger partial charge in [0.15, 0.2) is 0 Å². The summed E-state index contributed by atoms with van der Waals surface area (Å²) in [6.45, 7) is 3.30. The quantitative estimate of drug-likeness (QED) is 0.575. The van der Waals surface area contributed by atoms with E-state index >= 15 is 0 Å². The highest BCUT2D eigenvalue weighted by Crippen LogP contribution is 2.30. The van der Waals surface area contributed by atoms with E-state index in [0.29, 0.717) is 5.69 Å². The Labute approximate surface area is 183 Å². The molecule has 0 unspecified atom stereocenters. The predicted molar refractivity (Wildman–Crippen MR) is 122 cm³/mol. The van der Waals surface area contributed by atoms with Crippen LogP contribution in [0, 0.1) is 6.92 Å². The monoisotopic (exact) mass is 438 g/mol. The van der Waals surface area contributed by atoms with E-state index in [9.17, 15) is 13.2 Å². The zero-order valence-electron chi connectivity index (χ0n) is 17.8. The maximum absolute atomic E-state index is 13.6. The van der Waals surface area contributed by atoms with Crippen LogP contribution >= 0.6 is 0 Å². The third-order valence-electron chi connectivity index (χ3n) is 4.90. The molecular formula is C24H26N2O4S. The van der Waals surface area contributed by atoms with Gasteiger partial charge < -0.3 is 10.1 Å². The maximum atomic E-state index is 13.6. The minimum absolute atomic E-state index is 0.0164. The van der Waals surface area contributed by atoms with Crippen LogP contribution in [0.4, 0.5) is 5.69 Å². The van der Waals surface area contributed by atoms with Crippen molar-refractivity contribution in [3.05, 3.63) is 90.0 Å². The Morgan fingerprint density at radius 1 is 1.00 bits per heavy atom. The topological polar surface area (TPSA) is 75.7 Å². The van der Waals surface area contributed by atoms with Gasteiger partial charge in [0.1, 0.15) is 17.2 Å². The van der Waals surface area contributed by atoms with Crippen LogP contribution in [0.15, 0.2) is 83.8 Å². The van der Waals surface area contributed by atoms with Crippen LogP contribution in [0.5, 0.6) is 5.75 Å². The van der Waals surface area contributed by atoms with Crippen LogP contribution in [0.25, 0.3) is 0 Å². The molecule has 0 saturated heterocycles. The molecule has 1 atom stereocenters. The zero-order chi connectivity index (χ0) is 22.4. The van der Waals surface area contributed by atoms with Crippen molar-refractivity contribution in [2.45, 2.75) is 24.8 Å². The number of para-hydroxylation sites is 1. The smallest absolute Gasteiger partial charge is 0.268 e. The standard InChI is InChI=1S/C24H26N2O4S/c1-18-14-15-22(30-3)23(16-18)31(28,29)26(21-12-8-5-9-13-21)17-24(27)25-19(2)20-10-6-4-7-11-20/h4-16,19H,17H2,1-3H3,(H,25,27)/t19-/m1/s1. The second-order valence-electron chi connectivity index (χ2n) is 7.20. The van der Waals surface area contributed by atoms with E-state index in [2.05, 4.69) is 5.32 Å². The van der Waals surface area contributed by atoms with E-state index in [1.807, 2.05) is 37.3 Å². The molecule has 7 heteroatoms. The third-order valence-corrected chi connectivity index (χ3v) is 6.69. The average Bonchev–Trinajstić information content (AvgIpc) is 2.78. The molecule has 1 amide bonds. The van der Waals surface area contributed by atoms with E-state index in [0.717, 1.165) is 15.4 Å². The first-order chi connectivity index (χ1) is 14.8. The highest BCUT2D eigenvalue weighted by molar-refractivity contribution is 7.93. The van der Waals surface area contributed by atoms with Gasteiger partial charge in [0.2, 0.25) is 5.91 Å². The summed E-state index contributed by atoms with van der Waals surface area (Å²) in [4.78, 5) is 12.9. The number of carbonyl (C=O) groups is 1. The number of hydrogen-bond acceptors (Lipinski definition) is 4. The average molecular weight is 439 g/mol. The fourth-order valence-corrected chi connectivity index (χ4v) is 4.92. The molecule has 3 aromatic carbocycles. The summed E-state index contributed by atoms with van der Waals surface area (Å²) in [5.74, 6) is -0.181. The summed E-state index contributed by atoms with van der Waals surface area (Å²) >= 11 is 0. The van der Waals surface area contributed by atoms with Crippen molar-refractivity contribution in [2.24, 2.45) is 0 Å². The molecule has 1 N–H and O–H groups in total. The lowest BCUT2D eigenvalue weighted by Crippen LogP contribution is -2.41. The summed E-state index contributed by atoms with van der Waals surface area (Å²) in [5.41, 5.74) is 2.11. The number of carbonyl (C=O) groups excluding carboxylic acids is 1. The minimum Gasteiger partial charge on any atom is -0.495 e. The number of hydrogen-bond donors (Lipinski definition) is 1. The van der Waals surface area contributed by atoms with E-state index in [-0.39, 0.29) is 23.2 Å². The lowest BCUT2D eigenvalue weighted by atomic mass is 10.1. The highest BCUT2D eigenvalue weighted by Gasteiger charge is 2.30. The number of nitrogens with one attached hydrogen (secondary N) is 1. The van der Waals surface area contributed by atoms with Crippen LogP contribution in [0.3, 0.4) is 0 Å². The summed E-state index contributed by atoms with van der Waals surface area (Å²) in [6.07, 6.45) is 0. The van der Waals surface area contributed by atoms with Gasteiger partial charge in [0.05, 0.1) is 18.8 Å². The van der Waals surface area contributed by atoms with Crippen molar-refractivity contribution in [3.63, 3.8) is 0 Å². The molecule has 162 valence electrons. The minimum atomic E-state index is -4.07. The molecule has 0 aliphatic carbocycles. The first-order valence-corrected chi connectivity index (χ1v) is 11.3. The highest BCUT2D eigenvalue weighted by atomic mass is 32.2. The Kier molecular flexibility index (Phi) is 6.97. The van der Waals surface area contributed by atoms with Gasteiger partial charge in [0, 0.05) is 0 Å². The number of methoxy groups -OCH3 is 1. The van der Waals surface area contributed by atoms with Crippen molar-refractivity contribution < 1.29 is 17.9 Å². The molecule has 0 aromatic heterocycles. The van der Waals surface area contributed by atoms with E-state index in [4.69, 9.17) is 4.74 Å². The van der Waals surface area contributed by atoms with Gasteiger partial charge >= 0.3 is 0 Å². The molecule has 0 radical (unpaired) electrons. The van der Waals surface area contributed by atoms with Gasteiger partial charge in [-0.2, -0.15) is 0 Å².